The molecular formula is C132H88N8. The van der Waals surface area contributed by atoms with Gasteiger partial charge in [-0.05, 0) is 322 Å². The molecule has 0 fully saturated rings. The van der Waals surface area contributed by atoms with Crippen LogP contribution in [-0.4, -0.2) is 19.9 Å². The minimum atomic E-state index is 0.896. The molecule has 8 aliphatic carbocycles. The molecule has 4 aromatic heterocycles. The van der Waals surface area contributed by atoms with E-state index >= 15 is 0 Å². The predicted molar refractivity (Wildman–Crippen MR) is 564 cm³/mol. The summed E-state index contributed by atoms with van der Waals surface area (Å²) in [6.45, 7) is 0. The largest absolute Gasteiger partial charge is 0.309 e. The number of fused-ring (bicyclic) bond motifs is 48. The Bertz CT molecular complexity index is 8510. The molecule has 0 saturated heterocycles. The van der Waals surface area contributed by atoms with E-state index in [1.165, 1.54) is 336 Å². The molecule has 0 bridgehead atoms. The standard InChI is InChI=1S/4C33H22N2/c1-3-7-25-20(6-1)15-28-27(25)11-12-30-29(28)16-24-18-34-17-23-14-22-10-9-21-13-19-5-2-4-8-26(19)31(21)33(22)35(30)32(23)24;1-3-7-24-20(6-1)17-27-26(24)11-12-30-28(27)18-29-32-23(13-14-34-29)16-22-10-9-21-15-19-5-2-4-8-25(19)31(21)33(22)35(30)32;1-3-7-24-20(6-1)16-27-26(24)11-12-30-28(27)17-23-13-14-34-29-18-22-10-9-21-15-19-5-2-4-8-25(19)31(21)33(22)35(30)32(23)29;1-3-7-25-19(5-1)15-21-11-12-29-27(30(21)25)18-28-32-24(13-14-34-28)17-23-10-9-22-16-20-6-2-4-8-26(20)31(22)33(23)35(29)32/h1-12,17-18H,13-16H2;3*1-14H,15-18H2. The highest BCUT2D eigenvalue weighted by molar-refractivity contribution is 6.07. The second kappa shape index (κ2) is 28.5. The van der Waals surface area contributed by atoms with Crippen molar-refractivity contribution < 1.29 is 0 Å². The van der Waals surface area contributed by atoms with Gasteiger partial charge in [-0.15, -0.1) is 0 Å². The lowest BCUT2D eigenvalue weighted by Gasteiger charge is -2.41. The lowest BCUT2D eigenvalue weighted by molar-refractivity contribution is 0.949. The maximum atomic E-state index is 4.96. The van der Waals surface area contributed by atoms with Gasteiger partial charge in [0.05, 0.1) is 85.3 Å². The van der Waals surface area contributed by atoms with E-state index in [4.69, 9.17) is 19.9 Å². The van der Waals surface area contributed by atoms with Crippen LogP contribution in [0, 0.1) is 0 Å². The fourth-order valence-corrected chi connectivity index (χ4v) is 28.5. The number of pyridine rings is 4. The Labute approximate surface area is 812 Å². The van der Waals surface area contributed by atoms with Crippen LogP contribution in [0.25, 0.3) is 89.0 Å². The Kier molecular flexibility index (Phi) is 15.6. The number of rotatable bonds is 0. The zero-order valence-corrected chi connectivity index (χ0v) is 77.2. The predicted octanol–water partition coefficient (Wildman–Crippen LogP) is 30.0. The summed E-state index contributed by atoms with van der Waals surface area (Å²) in [7, 11) is 0. The molecule has 12 heterocycles. The molecule has 36 rings (SSSR count). The molecule has 656 valence electrons. The Morgan fingerprint density at radius 2 is 0.379 bits per heavy atom. The van der Waals surface area contributed by atoms with Crippen LogP contribution in [0.2, 0.25) is 0 Å². The number of benzene rings is 16. The van der Waals surface area contributed by atoms with Gasteiger partial charge in [-0.2, -0.15) is 0 Å². The van der Waals surface area contributed by atoms with Crippen molar-refractivity contribution >= 4 is 68.2 Å². The second-order valence-electron chi connectivity index (χ2n) is 41.3. The highest BCUT2D eigenvalue weighted by Gasteiger charge is 2.46. The first-order valence-corrected chi connectivity index (χ1v) is 50.3. The van der Waals surface area contributed by atoms with E-state index in [0.29, 0.717) is 0 Å². The third-order valence-corrected chi connectivity index (χ3v) is 34.3. The number of hydrogen-bond donors (Lipinski definition) is 0. The van der Waals surface area contributed by atoms with E-state index in [-0.39, 0.29) is 0 Å². The van der Waals surface area contributed by atoms with Crippen molar-refractivity contribution in [2.24, 2.45) is 0 Å². The van der Waals surface area contributed by atoms with E-state index in [9.17, 15) is 0 Å². The lowest BCUT2D eigenvalue weighted by Crippen LogP contribution is -2.26. The molecule has 0 N–H and O–H groups in total. The Morgan fingerprint density at radius 1 is 0.143 bits per heavy atom. The number of aromatic nitrogens is 4. The van der Waals surface area contributed by atoms with Crippen molar-refractivity contribution in [3.63, 3.8) is 0 Å². The summed E-state index contributed by atoms with van der Waals surface area (Å²) >= 11 is 0. The van der Waals surface area contributed by atoms with Crippen molar-refractivity contribution in [2.45, 2.75) is 103 Å². The minimum absolute atomic E-state index is 0.896. The van der Waals surface area contributed by atoms with Gasteiger partial charge in [0.25, 0.3) is 0 Å². The highest BCUT2D eigenvalue weighted by atomic mass is 15.2. The van der Waals surface area contributed by atoms with Crippen LogP contribution in [0.4, 0.5) is 68.2 Å². The maximum absolute atomic E-state index is 4.96. The van der Waals surface area contributed by atoms with Gasteiger partial charge in [0.2, 0.25) is 0 Å². The Hall–Kier alpha value is -16.7. The summed E-state index contributed by atoms with van der Waals surface area (Å²) in [5.41, 5.74) is 84.0. The lowest BCUT2D eigenvalue weighted by atomic mass is 9.83. The molecular weight excluding hydrogens is 1700 g/mol. The van der Waals surface area contributed by atoms with E-state index in [1.54, 1.807) is 0 Å². The van der Waals surface area contributed by atoms with E-state index in [1.807, 2.05) is 18.6 Å². The van der Waals surface area contributed by atoms with E-state index < -0.39 is 0 Å². The molecule has 0 radical (unpaired) electrons. The maximum Gasteiger partial charge on any atom is 0.0716 e. The van der Waals surface area contributed by atoms with Crippen molar-refractivity contribution in [3.8, 4) is 89.0 Å². The van der Waals surface area contributed by atoms with Crippen LogP contribution in [0.5, 0.6) is 0 Å². The van der Waals surface area contributed by atoms with Crippen molar-refractivity contribution in [1.82, 2.24) is 19.9 Å². The Morgan fingerprint density at radius 3 is 0.764 bits per heavy atom. The minimum Gasteiger partial charge on any atom is -0.309 e. The third-order valence-electron chi connectivity index (χ3n) is 34.3. The molecule has 0 atom stereocenters. The average Bonchev–Trinajstić information content (AvgIpc) is 1.31. The van der Waals surface area contributed by atoms with Gasteiger partial charge in [0.15, 0.2) is 0 Å². The molecule has 8 heteroatoms. The second-order valence-corrected chi connectivity index (χ2v) is 41.3. The first-order chi connectivity index (χ1) is 69.4. The monoisotopic (exact) mass is 1780 g/mol. The van der Waals surface area contributed by atoms with Crippen LogP contribution >= 0.6 is 0 Å². The summed E-state index contributed by atoms with van der Waals surface area (Å²) < 4.78 is 0. The molecule has 8 aliphatic heterocycles. The van der Waals surface area contributed by atoms with Gasteiger partial charge in [0.1, 0.15) is 0 Å². The number of nitrogens with zero attached hydrogens (tertiary/aromatic N) is 8. The van der Waals surface area contributed by atoms with Crippen molar-refractivity contribution in [1.29, 1.82) is 0 Å². The fourth-order valence-electron chi connectivity index (χ4n) is 28.5. The first kappa shape index (κ1) is 76.5. The molecule has 140 heavy (non-hydrogen) atoms. The molecule has 16 aliphatic rings. The van der Waals surface area contributed by atoms with Crippen LogP contribution in [0.1, 0.15) is 178 Å². The quantitative estimate of drug-likeness (QED) is 0.149. The third kappa shape index (κ3) is 10.6. The number of anilines is 12. The van der Waals surface area contributed by atoms with Gasteiger partial charge in [-0.25, -0.2) is 0 Å². The smallest absolute Gasteiger partial charge is 0.0716 e. The van der Waals surface area contributed by atoms with Gasteiger partial charge in [0, 0.05) is 105 Å². The zero-order valence-electron chi connectivity index (χ0n) is 77.2. The van der Waals surface area contributed by atoms with Crippen LogP contribution in [0.3, 0.4) is 0 Å². The van der Waals surface area contributed by atoms with Crippen LogP contribution in [0.15, 0.2) is 340 Å². The first-order valence-electron chi connectivity index (χ1n) is 50.3. The van der Waals surface area contributed by atoms with E-state index in [2.05, 4.69) is 341 Å². The molecule has 20 aromatic rings. The summed E-state index contributed by atoms with van der Waals surface area (Å²) in [5.74, 6) is 0. The Balaban J connectivity index is 0.0000000829. The summed E-state index contributed by atoms with van der Waals surface area (Å²) in [6.07, 6.45) is 25.9. The van der Waals surface area contributed by atoms with Gasteiger partial charge >= 0.3 is 0 Å². The fraction of sp³-hybridized carbons (Fsp3) is 0.121. The summed E-state index contributed by atoms with van der Waals surface area (Å²) in [4.78, 5) is 29.9. The molecule has 0 amide bonds. The van der Waals surface area contributed by atoms with E-state index in [0.717, 1.165) is 103 Å². The van der Waals surface area contributed by atoms with Crippen LogP contribution in [-0.2, 0) is 103 Å². The molecule has 0 unspecified atom stereocenters. The molecule has 0 saturated carbocycles. The summed E-state index contributed by atoms with van der Waals surface area (Å²) in [5, 5.41) is 0. The highest BCUT2D eigenvalue weighted by Crippen LogP contribution is 2.65. The van der Waals surface area contributed by atoms with Crippen molar-refractivity contribution in [2.75, 3.05) is 19.6 Å². The molecule has 0 spiro atoms. The topological polar surface area (TPSA) is 64.5 Å². The van der Waals surface area contributed by atoms with Crippen LogP contribution < -0.4 is 19.6 Å². The van der Waals surface area contributed by atoms with Gasteiger partial charge in [-0.1, -0.05) is 267 Å². The van der Waals surface area contributed by atoms with Crippen molar-refractivity contribution in [3.05, 3.63) is 519 Å². The molecule has 16 aromatic carbocycles. The summed E-state index contributed by atoms with van der Waals surface area (Å²) in [6, 6.07) is 116. The molecule has 8 nitrogen and oxygen atoms in total. The number of hydrogen-bond acceptors (Lipinski definition) is 8. The zero-order chi connectivity index (χ0) is 90.7. The normalized spacial score (nSPS) is 14.9. The van der Waals surface area contributed by atoms with Gasteiger partial charge in [-0.3, -0.25) is 19.9 Å². The SMILES string of the molecule is c1ccc2c(c1)Cc1c-2ccc2c1Cc1ccnc3c1N2c1c(ccc2c1-c1ccccc1C2)C3.c1ccc2c(c1)Cc1c-2ccc2c1Cc1cncc3c1N2c1c(ccc2c1-c1ccccc1C2)C3.c1ccc2c(c1)Cc1c-2ccc2c1Cc1nccc3c1N2c1c(ccc2c1-c1ccccc1C2)C3.c1ccc2c(c1)Cc1ccc3c(c1-2)Cc1nccc2c1N3c1c(ccc3c1-c1ccccc1C3)C2. The average molecular weight is 1790 g/mol. The van der Waals surface area contributed by atoms with Gasteiger partial charge < -0.3 is 19.6 Å².